The molecular weight excluding hydrogens is 270 g/mol. The van der Waals surface area contributed by atoms with Gasteiger partial charge in [-0.25, -0.2) is 15.8 Å². The van der Waals surface area contributed by atoms with Gasteiger partial charge in [-0.3, -0.25) is 0 Å². The van der Waals surface area contributed by atoms with Crippen molar-refractivity contribution in [2.24, 2.45) is 5.84 Å². The summed E-state index contributed by atoms with van der Waals surface area (Å²) >= 11 is 1.97. The van der Waals surface area contributed by atoms with Crippen LogP contribution in [0.1, 0.15) is 44.0 Å². The lowest BCUT2D eigenvalue weighted by molar-refractivity contribution is 0.472. The first kappa shape index (κ1) is 15.4. The number of nitrogens with two attached hydrogens (primary N) is 1. The van der Waals surface area contributed by atoms with Crippen molar-refractivity contribution in [1.82, 2.24) is 9.97 Å². The lowest BCUT2D eigenvalue weighted by Crippen LogP contribution is -2.29. The first-order valence-electron chi connectivity index (χ1n) is 7.31. The van der Waals surface area contributed by atoms with Gasteiger partial charge >= 0.3 is 0 Å². The molecule has 0 bridgehead atoms. The van der Waals surface area contributed by atoms with Gasteiger partial charge in [0.05, 0.1) is 0 Å². The summed E-state index contributed by atoms with van der Waals surface area (Å²) in [5.74, 6) is 8.02. The van der Waals surface area contributed by atoms with Crippen LogP contribution in [0, 0.1) is 6.92 Å². The van der Waals surface area contributed by atoms with Crippen molar-refractivity contribution in [3.63, 3.8) is 0 Å². The molecule has 2 atom stereocenters. The monoisotopic (exact) mass is 295 g/mol. The van der Waals surface area contributed by atoms with Crippen LogP contribution in [0.3, 0.4) is 0 Å². The van der Waals surface area contributed by atoms with Crippen LogP contribution >= 0.6 is 11.8 Å². The quantitative estimate of drug-likeness (QED) is 0.573. The number of hydrazine groups is 1. The van der Waals surface area contributed by atoms with E-state index in [4.69, 9.17) is 5.84 Å². The van der Waals surface area contributed by atoms with Crippen molar-refractivity contribution >= 4 is 23.4 Å². The molecular formula is C14H25N5S. The molecule has 6 heteroatoms. The van der Waals surface area contributed by atoms with Gasteiger partial charge in [-0.1, -0.05) is 13.3 Å². The number of hydrogen-bond donors (Lipinski definition) is 3. The van der Waals surface area contributed by atoms with E-state index in [2.05, 4.69) is 33.9 Å². The fraction of sp³-hybridized carbons (Fsp3) is 0.714. The Bertz CT molecular complexity index is 451. The molecule has 2 unspecified atom stereocenters. The Morgan fingerprint density at radius 3 is 2.70 bits per heavy atom. The number of nitrogens with one attached hydrogen (secondary N) is 2. The first-order chi connectivity index (χ1) is 9.67. The van der Waals surface area contributed by atoms with Gasteiger partial charge in [-0.15, -0.1) is 0 Å². The van der Waals surface area contributed by atoms with Crippen LogP contribution in [0.5, 0.6) is 0 Å². The Labute approximate surface area is 125 Å². The zero-order valence-corrected chi connectivity index (χ0v) is 13.4. The first-order valence-corrected chi connectivity index (χ1v) is 8.60. The highest BCUT2D eigenvalue weighted by Crippen LogP contribution is 2.30. The van der Waals surface area contributed by atoms with Crippen LogP contribution in [-0.4, -0.2) is 27.5 Å². The highest BCUT2D eigenvalue weighted by Gasteiger charge is 2.22. The highest BCUT2D eigenvalue weighted by atomic mass is 32.2. The third kappa shape index (κ3) is 3.55. The number of nitrogen functional groups attached to an aromatic ring is 1. The Morgan fingerprint density at radius 2 is 2.05 bits per heavy atom. The molecule has 0 amide bonds. The van der Waals surface area contributed by atoms with E-state index in [1.165, 1.54) is 25.7 Å². The van der Waals surface area contributed by atoms with Gasteiger partial charge in [0.25, 0.3) is 0 Å². The molecule has 0 saturated heterocycles. The largest absolute Gasteiger partial charge is 0.367 e. The predicted octanol–water partition coefficient (Wildman–Crippen LogP) is 2.72. The van der Waals surface area contributed by atoms with Gasteiger partial charge < -0.3 is 10.7 Å². The summed E-state index contributed by atoms with van der Waals surface area (Å²) < 4.78 is 0. The number of rotatable bonds is 5. The van der Waals surface area contributed by atoms with Crippen LogP contribution < -0.4 is 16.6 Å². The van der Waals surface area contributed by atoms with E-state index in [0.717, 1.165) is 34.7 Å². The standard InChI is InChI=1S/C14H25N5S/c1-4-12-17-13(9(2)14(18-12)19-15)16-10-6-5-7-11(8-10)20-3/h10-11H,4-8,15H2,1-3H3,(H2,16,17,18,19). The van der Waals surface area contributed by atoms with Crippen molar-refractivity contribution < 1.29 is 0 Å². The van der Waals surface area contributed by atoms with Crippen LogP contribution in [0.25, 0.3) is 0 Å². The van der Waals surface area contributed by atoms with Crippen molar-refractivity contribution in [3.8, 4) is 0 Å². The minimum Gasteiger partial charge on any atom is -0.367 e. The van der Waals surface area contributed by atoms with Crippen LogP contribution in [0.15, 0.2) is 0 Å². The number of aryl methyl sites for hydroxylation is 1. The SMILES string of the molecule is CCc1nc(NN)c(C)c(NC2CCCC(SC)C2)n1. The van der Waals surface area contributed by atoms with Crippen molar-refractivity contribution in [3.05, 3.63) is 11.4 Å². The van der Waals surface area contributed by atoms with Gasteiger partial charge in [0, 0.05) is 23.3 Å². The summed E-state index contributed by atoms with van der Waals surface area (Å²) in [6, 6.07) is 0.505. The van der Waals surface area contributed by atoms with Gasteiger partial charge in [0.15, 0.2) is 0 Å². The summed E-state index contributed by atoms with van der Waals surface area (Å²) in [5, 5.41) is 4.37. The highest BCUT2D eigenvalue weighted by molar-refractivity contribution is 7.99. The maximum atomic E-state index is 5.55. The average molecular weight is 295 g/mol. The predicted molar refractivity (Wildman–Crippen MR) is 87.1 cm³/mol. The molecule has 2 rings (SSSR count). The lowest BCUT2D eigenvalue weighted by Gasteiger charge is -2.29. The summed E-state index contributed by atoms with van der Waals surface area (Å²) in [6.45, 7) is 4.06. The molecule has 0 aliphatic heterocycles. The molecule has 1 aliphatic rings. The molecule has 1 aliphatic carbocycles. The molecule has 1 aromatic heterocycles. The molecule has 4 N–H and O–H groups in total. The van der Waals surface area contributed by atoms with Crippen LogP contribution in [-0.2, 0) is 6.42 Å². The molecule has 1 heterocycles. The minimum absolute atomic E-state index is 0.505. The third-order valence-electron chi connectivity index (χ3n) is 3.95. The van der Waals surface area contributed by atoms with E-state index in [-0.39, 0.29) is 0 Å². The second-order valence-corrected chi connectivity index (χ2v) is 6.46. The second kappa shape index (κ2) is 7.13. The number of aromatic nitrogens is 2. The van der Waals surface area contributed by atoms with Crippen molar-refractivity contribution in [2.75, 3.05) is 17.0 Å². The van der Waals surface area contributed by atoms with E-state index < -0.39 is 0 Å². The smallest absolute Gasteiger partial charge is 0.148 e. The summed E-state index contributed by atoms with van der Waals surface area (Å²) in [4.78, 5) is 9.02. The molecule has 0 radical (unpaired) electrons. The van der Waals surface area contributed by atoms with E-state index in [0.29, 0.717) is 6.04 Å². The minimum atomic E-state index is 0.505. The van der Waals surface area contributed by atoms with E-state index in [1.54, 1.807) is 0 Å². The Balaban J connectivity index is 2.15. The molecule has 0 aromatic carbocycles. The third-order valence-corrected chi connectivity index (χ3v) is 5.04. The van der Waals surface area contributed by atoms with Gasteiger partial charge in [-0.2, -0.15) is 11.8 Å². The number of thioether (sulfide) groups is 1. The van der Waals surface area contributed by atoms with Crippen LogP contribution in [0.4, 0.5) is 11.6 Å². The summed E-state index contributed by atoms with van der Waals surface area (Å²) in [5.41, 5.74) is 3.67. The molecule has 5 nitrogen and oxygen atoms in total. The molecule has 1 fully saturated rings. The normalized spacial score (nSPS) is 22.6. The number of anilines is 2. The van der Waals surface area contributed by atoms with Crippen molar-refractivity contribution in [2.45, 2.75) is 57.2 Å². The molecule has 20 heavy (non-hydrogen) atoms. The fourth-order valence-corrected chi connectivity index (χ4v) is 3.51. The van der Waals surface area contributed by atoms with Gasteiger partial charge in [0.1, 0.15) is 17.5 Å². The van der Waals surface area contributed by atoms with Crippen LogP contribution in [0.2, 0.25) is 0 Å². The lowest BCUT2D eigenvalue weighted by atomic mass is 9.95. The van der Waals surface area contributed by atoms with Gasteiger partial charge in [0.2, 0.25) is 0 Å². The number of hydrogen-bond acceptors (Lipinski definition) is 6. The molecule has 1 aromatic rings. The molecule has 1 saturated carbocycles. The molecule has 112 valence electrons. The summed E-state index contributed by atoms with van der Waals surface area (Å²) in [7, 11) is 0. The average Bonchev–Trinajstić information content (AvgIpc) is 2.49. The Morgan fingerprint density at radius 1 is 1.30 bits per heavy atom. The molecule has 0 spiro atoms. The van der Waals surface area contributed by atoms with E-state index >= 15 is 0 Å². The maximum Gasteiger partial charge on any atom is 0.148 e. The fourth-order valence-electron chi connectivity index (χ4n) is 2.69. The Hall–Kier alpha value is -1.01. The van der Waals surface area contributed by atoms with E-state index in [1.807, 2.05) is 18.7 Å². The maximum absolute atomic E-state index is 5.55. The summed E-state index contributed by atoms with van der Waals surface area (Å²) in [6.07, 6.45) is 8.05. The zero-order chi connectivity index (χ0) is 14.5. The number of nitrogens with zero attached hydrogens (tertiary/aromatic N) is 2. The topological polar surface area (TPSA) is 75.9 Å². The Kier molecular flexibility index (Phi) is 5.48. The van der Waals surface area contributed by atoms with Crippen molar-refractivity contribution in [1.29, 1.82) is 0 Å². The zero-order valence-electron chi connectivity index (χ0n) is 12.6. The van der Waals surface area contributed by atoms with E-state index in [9.17, 15) is 0 Å². The van der Waals surface area contributed by atoms with Gasteiger partial charge in [-0.05, 0) is 32.4 Å². The second-order valence-electron chi connectivity index (χ2n) is 5.33.